The van der Waals surface area contributed by atoms with E-state index in [-0.39, 0.29) is 29.8 Å². The predicted molar refractivity (Wildman–Crippen MR) is 104 cm³/mol. The van der Waals surface area contributed by atoms with E-state index in [9.17, 15) is 22.8 Å². The second kappa shape index (κ2) is 9.56. The smallest absolute Gasteiger partial charge is 0.475 e. The highest BCUT2D eigenvalue weighted by Gasteiger charge is 2.60. The largest absolute Gasteiger partial charge is 0.512 e. The van der Waals surface area contributed by atoms with E-state index < -0.39 is 24.3 Å². The van der Waals surface area contributed by atoms with E-state index >= 15 is 0 Å². The monoisotopic (exact) mass is 495 g/mol. The molecule has 0 saturated carbocycles. The lowest BCUT2D eigenvalue weighted by atomic mass is 9.80. The van der Waals surface area contributed by atoms with Crippen LogP contribution in [-0.2, 0) is 14.3 Å². The fourth-order valence-electron chi connectivity index (χ4n) is 3.82. The van der Waals surface area contributed by atoms with E-state index in [1.807, 2.05) is 0 Å². The van der Waals surface area contributed by atoms with E-state index in [0.29, 0.717) is 23.2 Å². The van der Waals surface area contributed by atoms with Crippen molar-refractivity contribution in [1.82, 2.24) is 20.4 Å². The molecule has 33 heavy (non-hydrogen) atoms. The Morgan fingerprint density at radius 3 is 2.64 bits per heavy atom. The first-order valence-corrected chi connectivity index (χ1v) is 10.7. The molecule has 0 radical (unpaired) electrons. The van der Waals surface area contributed by atoms with Gasteiger partial charge in [-0.15, -0.1) is 0 Å². The van der Waals surface area contributed by atoms with Crippen LogP contribution in [0.25, 0.3) is 0 Å². The third kappa shape index (κ3) is 5.22. The lowest BCUT2D eigenvalue weighted by Crippen LogP contribution is -2.71. The van der Waals surface area contributed by atoms with Crippen molar-refractivity contribution in [3.8, 4) is 0 Å². The number of carboxylic acid groups (broad SMARTS) is 2. The number of halogens is 3. The molecule has 2 fully saturated rings. The average Bonchev–Trinajstić information content (AvgIpc) is 3.27. The van der Waals surface area contributed by atoms with Crippen LogP contribution in [0.2, 0.25) is 0 Å². The fourth-order valence-corrected chi connectivity index (χ4v) is 4.89. The first-order chi connectivity index (χ1) is 15.4. The van der Waals surface area contributed by atoms with Crippen LogP contribution in [0.4, 0.5) is 18.0 Å². The molecular weight excluding hydrogens is 475 g/mol. The van der Waals surface area contributed by atoms with Crippen LogP contribution in [0.3, 0.4) is 0 Å². The highest BCUT2D eigenvalue weighted by Crippen LogP contribution is 2.47. The molecule has 1 aromatic rings. The molecule has 12 nitrogen and oxygen atoms in total. The summed E-state index contributed by atoms with van der Waals surface area (Å²) >= 11 is 1.53. The van der Waals surface area contributed by atoms with Gasteiger partial charge in [-0.2, -0.15) is 29.9 Å². The van der Waals surface area contributed by atoms with Crippen molar-refractivity contribution in [3.05, 3.63) is 23.2 Å². The van der Waals surface area contributed by atoms with Gasteiger partial charge in [-0.3, -0.25) is 9.69 Å². The standard InChI is InChI=1S/C15H19N5O5S.C2HF3O2/c1-6-18-12(25-19-6)9(16)5-26-4-8-7-2-3-17-10-11(7)20(13(10)21)14(8)24-15(22)23;3-2(4,5)1(6)7/h7,9-11,17H,2-5,16H2,1H3,(H,22,23);(H,6,7)/t7?,9-,10-,11+;/m0./s1. The second-order valence-corrected chi connectivity index (χ2v) is 8.36. The molecule has 1 amide bonds. The molecule has 0 aromatic carbocycles. The number of thioether (sulfide) groups is 1. The van der Waals surface area contributed by atoms with E-state index in [0.717, 1.165) is 18.5 Å². The number of amides is 1. The van der Waals surface area contributed by atoms with E-state index in [4.69, 9.17) is 30.0 Å². The van der Waals surface area contributed by atoms with Crippen LogP contribution in [0.15, 0.2) is 16.0 Å². The summed E-state index contributed by atoms with van der Waals surface area (Å²) in [4.78, 5) is 37.8. The maximum atomic E-state index is 12.3. The van der Waals surface area contributed by atoms with E-state index in [1.165, 1.54) is 16.7 Å². The topological polar surface area (TPSA) is 181 Å². The number of nitrogens with two attached hydrogens (primary N) is 1. The van der Waals surface area contributed by atoms with Gasteiger partial charge in [0.2, 0.25) is 17.7 Å². The predicted octanol–water partition coefficient (Wildman–Crippen LogP) is 0.853. The number of aliphatic carboxylic acids is 1. The number of hydrogen-bond donors (Lipinski definition) is 4. The minimum atomic E-state index is -5.08. The van der Waals surface area contributed by atoms with Gasteiger partial charge < -0.3 is 30.5 Å². The van der Waals surface area contributed by atoms with Crippen LogP contribution in [0, 0.1) is 12.8 Å². The SMILES string of the molecule is Cc1noc([C@@H](N)CSCC2=C(OC(=O)O)N3C(=O)[C@H]4NCCC2[C@H]43)n1.O=C(O)C(F)(F)F. The van der Waals surface area contributed by atoms with Crippen molar-refractivity contribution in [2.24, 2.45) is 11.7 Å². The molecule has 0 spiro atoms. The molecule has 4 rings (SSSR count). The van der Waals surface area contributed by atoms with Gasteiger partial charge in [0.25, 0.3) is 0 Å². The average molecular weight is 495 g/mol. The summed E-state index contributed by atoms with van der Waals surface area (Å²) in [5, 5.41) is 23.1. The number of carbonyl (C=O) groups excluding carboxylic acids is 1. The Balaban J connectivity index is 0.000000383. The second-order valence-electron chi connectivity index (χ2n) is 7.33. The molecule has 1 aromatic heterocycles. The number of aryl methyl sites for hydroxylation is 1. The van der Waals surface area contributed by atoms with E-state index in [1.54, 1.807) is 6.92 Å². The number of nitrogens with zero attached hydrogens (tertiary/aromatic N) is 3. The molecule has 0 bridgehead atoms. The molecule has 3 aliphatic rings. The number of β-lactam (4-membered cyclic amide) rings is 1. The summed E-state index contributed by atoms with van der Waals surface area (Å²) in [6, 6.07) is -0.702. The van der Waals surface area contributed by atoms with Crippen molar-refractivity contribution in [2.45, 2.75) is 37.6 Å². The Morgan fingerprint density at radius 1 is 1.42 bits per heavy atom. The summed E-state index contributed by atoms with van der Waals surface area (Å²) in [6.45, 7) is 2.45. The highest BCUT2D eigenvalue weighted by atomic mass is 32.2. The molecular formula is C17H20F3N5O7S. The van der Waals surface area contributed by atoms with Gasteiger partial charge in [0.05, 0.1) is 12.1 Å². The normalized spacial score (nSPS) is 24.5. The number of piperidine rings is 1. The molecule has 16 heteroatoms. The van der Waals surface area contributed by atoms with Gasteiger partial charge in [-0.1, -0.05) is 5.16 Å². The molecule has 3 aliphatic heterocycles. The Kier molecular flexibility index (Phi) is 7.18. The van der Waals surface area contributed by atoms with Crippen LogP contribution in [0.5, 0.6) is 0 Å². The Hall–Kier alpha value is -2.85. The minimum absolute atomic E-state index is 0.0477. The zero-order valence-corrected chi connectivity index (χ0v) is 17.9. The molecule has 4 atom stereocenters. The van der Waals surface area contributed by atoms with Crippen molar-refractivity contribution in [1.29, 1.82) is 0 Å². The number of rotatable bonds is 6. The van der Waals surface area contributed by atoms with Crippen molar-refractivity contribution < 1.29 is 47.0 Å². The fraction of sp³-hybridized carbons (Fsp3) is 0.588. The number of ether oxygens (including phenoxy) is 1. The third-order valence-electron chi connectivity index (χ3n) is 5.16. The maximum absolute atomic E-state index is 12.3. The number of carbonyl (C=O) groups is 3. The zero-order valence-electron chi connectivity index (χ0n) is 17.0. The minimum Gasteiger partial charge on any atom is -0.475 e. The lowest BCUT2D eigenvalue weighted by molar-refractivity contribution is -0.192. The summed E-state index contributed by atoms with van der Waals surface area (Å²) in [7, 11) is 0. The highest BCUT2D eigenvalue weighted by molar-refractivity contribution is 7.99. The first-order valence-electron chi connectivity index (χ1n) is 9.55. The number of aromatic nitrogens is 2. The Labute approximate surface area is 188 Å². The summed E-state index contributed by atoms with van der Waals surface area (Å²) < 4.78 is 41.8. The maximum Gasteiger partial charge on any atom is 0.512 e. The number of nitrogens with one attached hydrogen (secondary N) is 1. The van der Waals surface area contributed by atoms with Crippen LogP contribution in [-0.4, -0.2) is 79.6 Å². The van der Waals surface area contributed by atoms with Gasteiger partial charge in [0.1, 0.15) is 6.04 Å². The lowest BCUT2D eigenvalue weighted by Gasteiger charge is -2.48. The van der Waals surface area contributed by atoms with Crippen molar-refractivity contribution >= 4 is 29.8 Å². The first kappa shape index (κ1) is 24.8. The zero-order chi connectivity index (χ0) is 24.5. The van der Waals surface area contributed by atoms with E-state index in [2.05, 4.69) is 15.5 Å². The summed E-state index contributed by atoms with van der Waals surface area (Å²) in [5.74, 6) is -0.644. The quantitative estimate of drug-likeness (QED) is 0.323. The molecule has 1 unspecified atom stereocenters. The van der Waals surface area contributed by atoms with Crippen molar-refractivity contribution in [3.63, 3.8) is 0 Å². The Morgan fingerprint density at radius 2 is 2.09 bits per heavy atom. The molecule has 2 saturated heterocycles. The van der Waals surface area contributed by atoms with Crippen LogP contribution < -0.4 is 11.1 Å². The van der Waals surface area contributed by atoms with Gasteiger partial charge in [0, 0.05) is 23.0 Å². The summed E-state index contributed by atoms with van der Waals surface area (Å²) in [6.07, 6.45) is -5.66. The molecule has 5 N–H and O–H groups in total. The number of carboxylic acids is 1. The number of alkyl halides is 3. The van der Waals surface area contributed by atoms with Gasteiger partial charge in [-0.05, 0) is 19.9 Å². The van der Waals surface area contributed by atoms with Crippen LogP contribution >= 0.6 is 11.8 Å². The summed E-state index contributed by atoms with van der Waals surface area (Å²) in [5.41, 5.74) is 6.92. The molecule has 182 valence electrons. The third-order valence-corrected chi connectivity index (χ3v) is 6.27. The number of hydrogen-bond acceptors (Lipinski definition) is 10. The van der Waals surface area contributed by atoms with Gasteiger partial charge >= 0.3 is 18.3 Å². The Bertz CT molecular complexity index is 969. The molecule has 4 heterocycles. The van der Waals surface area contributed by atoms with Gasteiger partial charge in [-0.25, -0.2) is 9.59 Å². The molecule has 0 aliphatic carbocycles. The van der Waals surface area contributed by atoms with Crippen molar-refractivity contribution in [2.75, 3.05) is 18.1 Å². The van der Waals surface area contributed by atoms with Gasteiger partial charge in [0.15, 0.2) is 5.82 Å². The van der Waals surface area contributed by atoms with Crippen LogP contribution in [0.1, 0.15) is 24.2 Å².